The first-order chi connectivity index (χ1) is 5.16. The van der Waals surface area contributed by atoms with Crippen molar-refractivity contribution in [2.24, 2.45) is 0 Å². The Bertz CT molecular complexity index is 171. The lowest BCUT2D eigenvalue weighted by Crippen LogP contribution is -1.72. The molecule has 11 heavy (non-hydrogen) atoms. The summed E-state index contributed by atoms with van der Waals surface area (Å²) >= 11 is 1.70. The quantitative estimate of drug-likeness (QED) is 0.455. The van der Waals surface area contributed by atoms with Crippen LogP contribution in [0.2, 0.25) is 0 Å². The Morgan fingerprint density at radius 1 is 1.45 bits per heavy atom. The Kier molecular flexibility index (Phi) is 6.05. The van der Waals surface area contributed by atoms with Gasteiger partial charge in [-0.2, -0.15) is 0 Å². The monoisotopic (exact) mass is 168 g/mol. The molecule has 0 aromatic heterocycles. The van der Waals surface area contributed by atoms with Crippen LogP contribution in [0.25, 0.3) is 0 Å². The average Bonchev–Trinajstić information content (AvgIpc) is 1.97. The highest BCUT2D eigenvalue weighted by molar-refractivity contribution is 8.01. The third-order valence-electron chi connectivity index (χ3n) is 1.21. The highest BCUT2D eigenvalue weighted by atomic mass is 32.2. The van der Waals surface area contributed by atoms with Gasteiger partial charge < -0.3 is 0 Å². The topological polar surface area (TPSA) is 0 Å². The van der Waals surface area contributed by atoms with Gasteiger partial charge in [-0.1, -0.05) is 29.9 Å². The van der Waals surface area contributed by atoms with Crippen molar-refractivity contribution in [2.75, 3.05) is 6.26 Å². The first-order valence-electron chi connectivity index (χ1n) is 3.67. The van der Waals surface area contributed by atoms with Crippen molar-refractivity contribution in [3.05, 3.63) is 35.3 Å². The van der Waals surface area contributed by atoms with Crippen LogP contribution in [-0.4, -0.2) is 6.26 Å². The highest BCUT2D eigenvalue weighted by Gasteiger charge is 1.83. The van der Waals surface area contributed by atoms with Crippen LogP contribution in [-0.2, 0) is 0 Å². The normalized spacial score (nSPS) is 10.1. The zero-order valence-electron chi connectivity index (χ0n) is 7.55. The zero-order chi connectivity index (χ0) is 8.69. The van der Waals surface area contributed by atoms with Gasteiger partial charge in [0.1, 0.15) is 0 Å². The fraction of sp³-hybridized carbons (Fsp3) is 0.400. The standard InChI is InChI=1S/C10H16S/c1-9(2)5-6-10(3)7-8-11-4/h5,7-8H,3,6H2,1-2,4H3/b8-7-. The second-order valence-electron chi connectivity index (χ2n) is 2.68. The largest absolute Gasteiger partial charge is 0.138 e. The predicted octanol–water partition coefficient (Wildman–Crippen LogP) is 3.78. The molecular formula is C10H16S. The van der Waals surface area contributed by atoms with Gasteiger partial charge in [-0.15, -0.1) is 11.8 Å². The van der Waals surface area contributed by atoms with Crippen LogP contribution in [0.15, 0.2) is 35.3 Å². The molecule has 0 spiro atoms. The molecule has 0 radical (unpaired) electrons. The zero-order valence-corrected chi connectivity index (χ0v) is 8.37. The lowest BCUT2D eigenvalue weighted by molar-refractivity contribution is 1.23. The van der Waals surface area contributed by atoms with Gasteiger partial charge in [-0.3, -0.25) is 0 Å². The van der Waals surface area contributed by atoms with E-state index in [2.05, 4.69) is 38.0 Å². The van der Waals surface area contributed by atoms with Gasteiger partial charge >= 0.3 is 0 Å². The van der Waals surface area contributed by atoms with Gasteiger partial charge in [-0.25, -0.2) is 0 Å². The van der Waals surface area contributed by atoms with E-state index in [1.54, 1.807) is 11.8 Å². The summed E-state index contributed by atoms with van der Waals surface area (Å²) in [5.41, 5.74) is 2.52. The summed E-state index contributed by atoms with van der Waals surface area (Å²) in [7, 11) is 0. The van der Waals surface area contributed by atoms with Crippen molar-refractivity contribution in [1.82, 2.24) is 0 Å². The summed E-state index contributed by atoms with van der Waals surface area (Å²) in [6.45, 7) is 8.12. The number of thioether (sulfide) groups is 1. The fourth-order valence-electron chi connectivity index (χ4n) is 0.568. The van der Waals surface area contributed by atoms with Crippen LogP contribution in [0.1, 0.15) is 20.3 Å². The molecular weight excluding hydrogens is 152 g/mol. The van der Waals surface area contributed by atoms with E-state index < -0.39 is 0 Å². The third kappa shape index (κ3) is 7.47. The first-order valence-corrected chi connectivity index (χ1v) is 4.96. The van der Waals surface area contributed by atoms with Crippen LogP contribution >= 0.6 is 11.8 Å². The molecule has 0 fully saturated rings. The molecule has 0 amide bonds. The second kappa shape index (κ2) is 6.29. The van der Waals surface area contributed by atoms with Crippen LogP contribution in [0.5, 0.6) is 0 Å². The van der Waals surface area contributed by atoms with E-state index in [4.69, 9.17) is 0 Å². The predicted molar refractivity (Wildman–Crippen MR) is 55.8 cm³/mol. The van der Waals surface area contributed by atoms with E-state index in [1.807, 2.05) is 6.26 Å². The van der Waals surface area contributed by atoms with E-state index in [0.29, 0.717) is 0 Å². The smallest absolute Gasteiger partial charge is 0.0101 e. The minimum absolute atomic E-state index is 0.972. The SMILES string of the molecule is C=C(/C=C\SC)CC=C(C)C. The Morgan fingerprint density at radius 3 is 2.55 bits per heavy atom. The summed E-state index contributed by atoms with van der Waals surface area (Å²) in [6.07, 6.45) is 7.27. The van der Waals surface area contributed by atoms with Crippen molar-refractivity contribution < 1.29 is 0 Å². The van der Waals surface area contributed by atoms with Crippen LogP contribution in [0.3, 0.4) is 0 Å². The average molecular weight is 168 g/mol. The Morgan fingerprint density at radius 2 is 2.09 bits per heavy atom. The van der Waals surface area contributed by atoms with Crippen molar-refractivity contribution in [2.45, 2.75) is 20.3 Å². The van der Waals surface area contributed by atoms with Crippen molar-refractivity contribution in [1.29, 1.82) is 0 Å². The molecule has 1 heteroatoms. The van der Waals surface area contributed by atoms with Gasteiger partial charge in [0.15, 0.2) is 0 Å². The van der Waals surface area contributed by atoms with E-state index in [9.17, 15) is 0 Å². The summed E-state index contributed by atoms with van der Waals surface area (Å²) in [6, 6.07) is 0. The third-order valence-corrected chi connectivity index (χ3v) is 1.62. The van der Waals surface area contributed by atoms with Crippen LogP contribution < -0.4 is 0 Å². The summed E-state index contributed by atoms with van der Waals surface area (Å²) in [5.74, 6) is 0. The van der Waals surface area contributed by atoms with E-state index >= 15 is 0 Å². The van der Waals surface area contributed by atoms with Gasteiger partial charge in [0.05, 0.1) is 0 Å². The molecule has 0 N–H and O–H groups in total. The summed E-state index contributed by atoms with van der Waals surface area (Å²) < 4.78 is 0. The molecule has 0 saturated carbocycles. The van der Waals surface area contributed by atoms with Gasteiger partial charge in [0.25, 0.3) is 0 Å². The number of allylic oxidation sites excluding steroid dienone is 4. The molecule has 0 aromatic carbocycles. The molecule has 0 unspecified atom stereocenters. The molecule has 0 bridgehead atoms. The fourth-order valence-corrected chi connectivity index (χ4v) is 0.896. The van der Waals surface area contributed by atoms with Crippen molar-refractivity contribution in [3.8, 4) is 0 Å². The molecule has 0 aliphatic rings. The lowest BCUT2D eigenvalue weighted by Gasteiger charge is -1.93. The number of hydrogen-bond acceptors (Lipinski definition) is 1. The van der Waals surface area contributed by atoms with Gasteiger partial charge in [-0.05, 0) is 31.9 Å². The van der Waals surface area contributed by atoms with Crippen LogP contribution in [0, 0.1) is 0 Å². The molecule has 0 aliphatic carbocycles. The maximum atomic E-state index is 3.92. The number of rotatable bonds is 4. The minimum Gasteiger partial charge on any atom is -0.138 e. The van der Waals surface area contributed by atoms with E-state index in [0.717, 1.165) is 6.42 Å². The first kappa shape index (κ1) is 10.6. The maximum absolute atomic E-state index is 3.92. The van der Waals surface area contributed by atoms with E-state index in [1.165, 1.54) is 11.1 Å². The molecule has 0 atom stereocenters. The van der Waals surface area contributed by atoms with Gasteiger partial charge in [0.2, 0.25) is 0 Å². The molecule has 0 nitrogen and oxygen atoms in total. The van der Waals surface area contributed by atoms with Crippen molar-refractivity contribution >= 4 is 11.8 Å². The minimum atomic E-state index is 0.972. The summed E-state index contributed by atoms with van der Waals surface area (Å²) in [5, 5.41) is 2.06. The number of hydrogen-bond donors (Lipinski definition) is 0. The highest BCUT2D eigenvalue weighted by Crippen LogP contribution is 2.06. The molecule has 0 saturated heterocycles. The molecule has 0 aliphatic heterocycles. The van der Waals surface area contributed by atoms with Crippen LogP contribution in [0.4, 0.5) is 0 Å². The second-order valence-corrected chi connectivity index (χ2v) is 3.43. The molecule has 0 rings (SSSR count). The van der Waals surface area contributed by atoms with Gasteiger partial charge in [0, 0.05) is 0 Å². The van der Waals surface area contributed by atoms with E-state index in [-0.39, 0.29) is 0 Å². The van der Waals surface area contributed by atoms with Crippen molar-refractivity contribution in [3.63, 3.8) is 0 Å². The molecule has 0 aromatic rings. The maximum Gasteiger partial charge on any atom is -0.0101 e. The Balaban J connectivity index is 3.71. The Hall–Kier alpha value is -0.430. The Labute approximate surface area is 74.1 Å². The summed E-state index contributed by atoms with van der Waals surface area (Å²) in [4.78, 5) is 0. The molecule has 62 valence electrons. The lowest BCUT2D eigenvalue weighted by atomic mass is 10.2. The molecule has 0 heterocycles.